The zero-order chi connectivity index (χ0) is 21.2. The van der Waals surface area contributed by atoms with Crippen LogP contribution in [0, 0.1) is 0 Å². The molecule has 30 heavy (non-hydrogen) atoms. The van der Waals surface area contributed by atoms with Gasteiger partial charge in [-0.15, -0.1) is 0 Å². The normalized spacial score (nSPS) is 20.6. The zero-order valence-electron chi connectivity index (χ0n) is 17.2. The summed E-state index contributed by atoms with van der Waals surface area (Å²) in [6, 6.07) is 9.91. The molecule has 0 spiro atoms. The highest BCUT2D eigenvalue weighted by atomic mass is 32.2. The van der Waals surface area contributed by atoms with Crippen molar-refractivity contribution in [3.8, 4) is 0 Å². The van der Waals surface area contributed by atoms with Crippen molar-refractivity contribution in [1.29, 1.82) is 0 Å². The van der Waals surface area contributed by atoms with Gasteiger partial charge in [0.1, 0.15) is 4.90 Å². The van der Waals surface area contributed by atoms with Gasteiger partial charge in [0.15, 0.2) is 0 Å². The van der Waals surface area contributed by atoms with Crippen LogP contribution in [0.25, 0.3) is 0 Å². The molecule has 1 amide bonds. The Bertz CT molecular complexity index is 983. The Kier molecular flexibility index (Phi) is 5.95. The van der Waals surface area contributed by atoms with E-state index in [9.17, 15) is 13.2 Å². The van der Waals surface area contributed by atoms with Crippen molar-refractivity contribution >= 4 is 15.9 Å². The molecule has 9 heteroatoms. The molecule has 0 bridgehead atoms. The van der Waals surface area contributed by atoms with Crippen LogP contribution in [0.5, 0.6) is 0 Å². The minimum absolute atomic E-state index is 0.0811. The van der Waals surface area contributed by atoms with Crippen LogP contribution in [-0.4, -0.2) is 72.7 Å². The fraction of sp³-hybridized carbons (Fsp3) is 0.524. The van der Waals surface area contributed by atoms with Crippen molar-refractivity contribution in [2.24, 2.45) is 7.05 Å². The van der Waals surface area contributed by atoms with Crippen LogP contribution in [0.15, 0.2) is 47.6 Å². The summed E-state index contributed by atoms with van der Waals surface area (Å²) in [6.07, 6.45) is 4.77. The molecular weight excluding hydrogens is 404 g/mol. The van der Waals surface area contributed by atoms with E-state index in [1.54, 1.807) is 7.05 Å². The number of sulfonamides is 1. The van der Waals surface area contributed by atoms with Gasteiger partial charge in [-0.1, -0.05) is 30.3 Å². The Hall–Kier alpha value is -2.23. The first kappa shape index (κ1) is 21.0. The third-order valence-electron chi connectivity index (χ3n) is 6.14. The monoisotopic (exact) mass is 432 g/mol. The molecule has 162 valence electrons. The maximum Gasteiger partial charge on any atom is 0.246 e. The first-order valence-electron chi connectivity index (χ1n) is 10.3. The number of carbonyl (C=O) groups excluding carboxylic acids is 1. The molecule has 2 aromatic rings. The standard InChI is InChI=1S/C21H28N4O4S/c1-23-17-19(16-22-23)30(27,28)25-11-5-10-24(12-13-25)20(26)21(8-14-29-15-9-21)18-6-3-2-4-7-18/h2-4,6-7,16-17H,5,8-15H2,1H3. The molecule has 8 nitrogen and oxygen atoms in total. The molecule has 0 N–H and O–H groups in total. The first-order chi connectivity index (χ1) is 14.4. The van der Waals surface area contributed by atoms with Crippen molar-refractivity contribution in [3.05, 3.63) is 48.3 Å². The molecule has 2 saturated heterocycles. The average Bonchev–Trinajstić information content (AvgIpc) is 3.07. The summed E-state index contributed by atoms with van der Waals surface area (Å²) in [4.78, 5) is 15.8. The van der Waals surface area contributed by atoms with Gasteiger partial charge in [0.25, 0.3) is 0 Å². The highest BCUT2D eigenvalue weighted by molar-refractivity contribution is 7.89. The number of benzene rings is 1. The second-order valence-corrected chi connectivity index (χ2v) is 9.90. The molecule has 3 heterocycles. The van der Waals surface area contributed by atoms with E-state index in [0.717, 1.165) is 5.56 Å². The molecule has 0 aliphatic carbocycles. The van der Waals surface area contributed by atoms with Gasteiger partial charge >= 0.3 is 0 Å². The quantitative estimate of drug-likeness (QED) is 0.729. The number of rotatable bonds is 4. The summed E-state index contributed by atoms with van der Waals surface area (Å²) in [6.45, 7) is 2.71. The van der Waals surface area contributed by atoms with Crippen LogP contribution in [0.1, 0.15) is 24.8 Å². The molecular formula is C21H28N4O4S. The molecule has 0 saturated carbocycles. The van der Waals surface area contributed by atoms with Crippen molar-refractivity contribution in [3.63, 3.8) is 0 Å². The van der Waals surface area contributed by atoms with Crippen LogP contribution in [0.2, 0.25) is 0 Å². The lowest BCUT2D eigenvalue weighted by Gasteiger charge is -2.40. The molecule has 1 aromatic heterocycles. The maximum absolute atomic E-state index is 13.7. The van der Waals surface area contributed by atoms with Crippen molar-refractivity contribution in [2.45, 2.75) is 29.6 Å². The van der Waals surface area contributed by atoms with Gasteiger partial charge in [0, 0.05) is 52.6 Å². The lowest BCUT2D eigenvalue weighted by molar-refractivity contribution is -0.141. The number of amides is 1. The Morgan fingerprint density at radius 1 is 1.07 bits per heavy atom. The number of aromatic nitrogens is 2. The number of nitrogens with zero attached hydrogens (tertiary/aromatic N) is 4. The largest absolute Gasteiger partial charge is 0.381 e. The fourth-order valence-electron chi connectivity index (χ4n) is 4.42. The van der Waals surface area contributed by atoms with Gasteiger partial charge in [-0.2, -0.15) is 9.40 Å². The van der Waals surface area contributed by atoms with E-state index in [1.165, 1.54) is 21.4 Å². The van der Waals surface area contributed by atoms with Gasteiger partial charge < -0.3 is 9.64 Å². The van der Waals surface area contributed by atoms with E-state index in [1.807, 2.05) is 35.2 Å². The third-order valence-corrected chi connectivity index (χ3v) is 7.99. The Morgan fingerprint density at radius 2 is 1.80 bits per heavy atom. The number of aryl methyl sites for hydroxylation is 1. The van der Waals surface area contributed by atoms with Crippen molar-refractivity contribution in [1.82, 2.24) is 19.0 Å². The molecule has 0 radical (unpaired) electrons. The lowest BCUT2D eigenvalue weighted by Crippen LogP contribution is -2.51. The summed E-state index contributed by atoms with van der Waals surface area (Å²) in [5, 5.41) is 3.98. The molecule has 0 unspecified atom stereocenters. The second-order valence-electron chi connectivity index (χ2n) is 7.96. The Balaban J connectivity index is 1.54. The first-order valence-corrected chi connectivity index (χ1v) is 11.8. The maximum atomic E-state index is 13.7. The zero-order valence-corrected chi connectivity index (χ0v) is 18.1. The van der Waals surface area contributed by atoms with E-state index < -0.39 is 15.4 Å². The molecule has 2 aliphatic rings. The lowest BCUT2D eigenvalue weighted by atomic mass is 9.73. The summed E-state index contributed by atoms with van der Waals surface area (Å²) < 4.78 is 34.4. The van der Waals surface area contributed by atoms with Crippen LogP contribution < -0.4 is 0 Å². The number of carbonyl (C=O) groups is 1. The Morgan fingerprint density at radius 3 is 2.47 bits per heavy atom. The number of ether oxygens (including phenoxy) is 1. The summed E-state index contributed by atoms with van der Waals surface area (Å²) in [5.74, 6) is 0.0811. The van der Waals surface area contributed by atoms with E-state index >= 15 is 0 Å². The predicted molar refractivity (Wildman–Crippen MR) is 111 cm³/mol. The SMILES string of the molecule is Cn1cc(S(=O)(=O)N2CCCN(C(=O)C3(c4ccccc4)CCOCC3)CC2)cn1. The minimum Gasteiger partial charge on any atom is -0.381 e. The number of hydrogen-bond donors (Lipinski definition) is 0. The second kappa shape index (κ2) is 8.49. The van der Waals surface area contributed by atoms with Crippen LogP contribution in [-0.2, 0) is 32.0 Å². The summed E-state index contributed by atoms with van der Waals surface area (Å²) in [5.41, 5.74) is 0.416. The highest BCUT2D eigenvalue weighted by Crippen LogP contribution is 2.37. The van der Waals surface area contributed by atoms with Crippen LogP contribution in [0.4, 0.5) is 0 Å². The fourth-order valence-corrected chi connectivity index (χ4v) is 5.88. The summed E-state index contributed by atoms with van der Waals surface area (Å²) in [7, 11) is -1.92. The smallest absolute Gasteiger partial charge is 0.246 e. The van der Waals surface area contributed by atoms with Gasteiger partial charge in [0.2, 0.25) is 15.9 Å². The molecule has 4 rings (SSSR count). The predicted octanol–water partition coefficient (Wildman–Crippen LogP) is 1.39. The van der Waals surface area contributed by atoms with E-state index in [4.69, 9.17) is 4.74 Å². The summed E-state index contributed by atoms with van der Waals surface area (Å²) >= 11 is 0. The molecule has 1 aromatic carbocycles. The number of hydrogen-bond acceptors (Lipinski definition) is 5. The van der Waals surface area contributed by atoms with Crippen molar-refractivity contribution in [2.75, 3.05) is 39.4 Å². The topological polar surface area (TPSA) is 84.7 Å². The van der Waals surface area contributed by atoms with E-state index in [0.29, 0.717) is 52.1 Å². The van der Waals surface area contributed by atoms with Crippen LogP contribution in [0.3, 0.4) is 0 Å². The van der Waals surface area contributed by atoms with E-state index in [-0.39, 0.29) is 17.3 Å². The molecule has 2 fully saturated rings. The van der Waals surface area contributed by atoms with Gasteiger partial charge in [-0.05, 0) is 24.8 Å². The van der Waals surface area contributed by atoms with Crippen molar-refractivity contribution < 1.29 is 17.9 Å². The van der Waals surface area contributed by atoms with Gasteiger partial charge in [-0.25, -0.2) is 8.42 Å². The molecule has 2 aliphatic heterocycles. The van der Waals surface area contributed by atoms with Gasteiger partial charge in [0.05, 0.1) is 11.6 Å². The van der Waals surface area contributed by atoms with Crippen LogP contribution >= 0.6 is 0 Å². The Labute approximate surface area is 177 Å². The van der Waals surface area contributed by atoms with E-state index in [2.05, 4.69) is 5.10 Å². The minimum atomic E-state index is -3.61. The third kappa shape index (κ3) is 3.89. The van der Waals surface area contributed by atoms with Gasteiger partial charge in [-0.3, -0.25) is 9.48 Å². The molecule has 0 atom stereocenters. The average molecular weight is 433 g/mol. The highest BCUT2D eigenvalue weighted by Gasteiger charge is 2.44.